The molecule has 0 unspecified atom stereocenters. The quantitative estimate of drug-likeness (QED) is 0.866. The van der Waals surface area contributed by atoms with Crippen LogP contribution < -0.4 is 10.0 Å². The number of hydrogen-bond donors (Lipinski definition) is 2. The summed E-state index contributed by atoms with van der Waals surface area (Å²) >= 11 is 0. The molecule has 0 bridgehead atoms. The largest absolute Gasteiger partial charge is 0.416 e. The smallest absolute Gasteiger partial charge is 0.322 e. The molecule has 0 heterocycles. The van der Waals surface area contributed by atoms with Crippen LogP contribution in [0.15, 0.2) is 47.4 Å². The molecule has 0 atom stereocenters. The highest BCUT2D eigenvalue weighted by molar-refractivity contribution is 7.89. The zero-order chi connectivity index (χ0) is 18.8. The van der Waals surface area contributed by atoms with E-state index in [1.165, 1.54) is 25.2 Å². The van der Waals surface area contributed by atoms with Crippen molar-refractivity contribution >= 4 is 21.6 Å². The van der Waals surface area contributed by atoms with Crippen LogP contribution in [-0.4, -0.2) is 21.4 Å². The lowest BCUT2D eigenvalue weighted by atomic mass is 10.1. The summed E-state index contributed by atoms with van der Waals surface area (Å²) < 4.78 is 63.6. The number of nitrogens with one attached hydrogen (secondary N) is 2. The SMILES string of the molecule is CNS(=O)(=O)c1cc(NC(=O)c2ccc(C(F)(F)F)cc2)ccc1C. The van der Waals surface area contributed by atoms with E-state index in [2.05, 4.69) is 10.0 Å². The van der Waals surface area contributed by atoms with Crippen molar-refractivity contribution in [2.75, 3.05) is 12.4 Å². The fourth-order valence-corrected chi connectivity index (χ4v) is 3.09. The Kier molecular flexibility index (Phi) is 5.19. The van der Waals surface area contributed by atoms with Gasteiger partial charge in [-0.3, -0.25) is 4.79 Å². The molecule has 5 nitrogen and oxygen atoms in total. The fourth-order valence-electron chi connectivity index (χ4n) is 2.09. The Bertz CT molecular complexity index is 892. The molecule has 2 rings (SSSR count). The molecule has 2 aromatic carbocycles. The maximum Gasteiger partial charge on any atom is 0.416 e. The highest BCUT2D eigenvalue weighted by atomic mass is 32.2. The number of amides is 1. The summed E-state index contributed by atoms with van der Waals surface area (Å²) in [5.41, 5.74) is -0.139. The molecule has 0 aromatic heterocycles. The van der Waals surface area contributed by atoms with Crippen LogP contribution in [-0.2, 0) is 16.2 Å². The first kappa shape index (κ1) is 18.9. The van der Waals surface area contributed by atoms with E-state index in [1.807, 2.05) is 0 Å². The molecule has 0 saturated carbocycles. The van der Waals surface area contributed by atoms with Crippen molar-refractivity contribution in [2.24, 2.45) is 0 Å². The van der Waals surface area contributed by atoms with E-state index in [0.717, 1.165) is 24.3 Å². The van der Waals surface area contributed by atoms with Crippen molar-refractivity contribution < 1.29 is 26.4 Å². The first-order valence-corrected chi connectivity index (χ1v) is 8.56. The summed E-state index contributed by atoms with van der Waals surface area (Å²) in [6.07, 6.45) is -4.48. The molecule has 134 valence electrons. The average Bonchev–Trinajstić information content (AvgIpc) is 2.55. The van der Waals surface area contributed by atoms with Gasteiger partial charge in [0, 0.05) is 11.3 Å². The lowest BCUT2D eigenvalue weighted by Gasteiger charge is -2.11. The molecule has 9 heteroatoms. The van der Waals surface area contributed by atoms with Crippen LogP contribution in [0.2, 0.25) is 0 Å². The minimum atomic E-state index is -4.48. The topological polar surface area (TPSA) is 75.3 Å². The van der Waals surface area contributed by atoms with Crippen molar-refractivity contribution in [3.63, 3.8) is 0 Å². The number of anilines is 1. The van der Waals surface area contributed by atoms with Gasteiger partial charge in [0.2, 0.25) is 10.0 Å². The van der Waals surface area contributed by atoms with E-state index in [9.17, 15) is 26.4 Å². The third-order valence-corrected chi connectivity index (χ3v) is 5.03. The van der Waals surface area contributed by atoms with Gasteiger partial charge in [-0.2, -0.15) is 13.2 Å². The zero-order valence-corrected chi connectivity index (χ0v) is 14.1. The number of carbonyl (C=O) groups is 1. The Hall–Kier alpha value is -2.39. The third kappa shape index (κ3) is 4.37. The minimum absolute atomic E-state index is 0.000203. The average molecular weight is 372 g/mol. The Labute approximate surface area is 142 Å². The van der Waals surface area contributed by atoms with Crippen LogP contribution >= 0.6 is 0 Å². The molecule has 1 amide bonds. The van der Waals surface area contributed by atoms with Crippen molar-refractivity contribution in [2.45, 2.75) is 18.0 Å². The van der Waals surface area contributed by atoms with E-state index in [4.69, 9.17) is 0 Å². The van der Waals surface area contributed by atoms with Gasteiger partial charge in [-0.05, 0) is 55.9 Å². The summed E-state index contributed by atoms with van der Waals surface area (Å²) in [5.74, 6) is -0.648. The van der Waals surface area contributed by atoms with Gasteiger partial charge in [-0.25, -0.2) is 13.1 Å². The molecule has 2 aromatic rings. The number of hydrogen-bond acceptors (Lipinski definition) is 3. The molecule has 0 aliphatic rings. The Balaban J connectivity index is 2.25. The maximum atomic E-state index is 12.5. The van der Waals surface area contributed by atoms with Gasteiger partial charge in [0.15, 0.2) is 0 Å². The molecule has 2 N–H and O–H groups in total. The maximum absolute atomic E-state index is 12.5. The highest BCUT2D eigenvalue weighted by Gasteiger charge is 2.30. The van der Waals surface area contributed by atoms with Crippen LogP contribution in [0.5, 0.6) is 0 Å². The first-order valence-electron chi connectivity index (χ1n) is 7.07. The molecule has 0 aliphatic heterocycles. The monoisotopic (exact) mass is 372 g/mol. The highest BCUT2D eigenvalue weighted by Crippen LogP contribution is 2.29. The molecular formula is C16H15F3N2O3S. The summed E-state index contributed by atoms with van der Waals surface area (Å²) in [4.78, 5) is 12.1. The summed E-state index contributed by atoms with van der Waals surface area (Å²) in [6, 6.07) is 8.03. The van der Waals surface area contributed by atoms with Gasteiger partial charge >= 0.3 is 6.18 Å². The number of benzene rings is 2. The van der Waals surface area contributed by atoms with Crippen molar-refractivity contribution in [1.82, 2.24) is 4.72 Å². The normalized spacial score (nSPS) is 12.0. The third-order valence-electron chi connectivity index (χ3n) is 3.48. The molecule has 0 aliphatic carbocycles. The fraction of sp³-hybridized carbons (Fsp3) is 0.188. The standard InChI is InChI=1S/C16H15F3N2O3S/c1-10-3-8-13(9-14(10)25(23,24)20-2)21-15(22)11-4-6-12(7-5-11)16(17,18)19/h3-9,20H,1-2H3,(H,21,22). The Morgan fingerprint density at radius 2 is 1.64 bits per heavy atom. The predicted molar refractivity (Wildman–Crippen MR) is 86.8 cm³/mol. The number of rotatable bonds is 4. The van der Waals surface area contributed by atoms with Crippen LogP contribution in [0.25, 0.3) is 0 Å². The van der Waals surface area contributed by atoms with Crippen molar-refractivity contribution in [3.05, 3.63) is 59.2 Å². The second kappa shape index (κ2) is 6.85. The number of carbonyl (C=O) groups excluding carboxylic acids is 1. The molecule has 0 spiro atoms. The van der Waals surface area contributed by atoms with Crippen molar-refractivity contribution in [1.29, 1.82) is 0 Å². The summed E-state index contributed by atoms with van der Waals surface area (Å²) in [7, 11) is -2.43. The zero-order valence-electron chi connectivity index (χ0n) is 13.3. The Morgan fingerprint density at radius 3 is 2.16 bits per heavy atom. The molecule has 25 heavy (non-hydrogen) atoms. The van der Waals surface area contributed by atoms with Crippen LogP contribution in [0.1, 0.15) is 21.5 Å². The lowest BCUT2D eigenvalue weighted by Crippen LogP contribution is -2.20. The molecular weight excluding hydrogens is 357 g/mol. The summed E-state index contributed by atoms with van der Waals surface area (Å²) in [5, 5.41) is 2.47. The van der Waals surface area contributed by atoms with Crippen LogP contribution in [0.3, 0.4) is 0 Å². The number of aryl methyl sites for hydroxylation is 1. The van der Waals surface area contributed by atoms with E-state index in [1.54, 1.807) is 6.92 Å². The second-order valence-electron chi connectivity index (χ2n) is 5.22. The van der Waals surface area contributed by atoms with Gasteiger partial charge in [0.1, 0.15) is 0 Å². The van der Waals surface area contributed by atoms with Gasteiger partial charge in [0.05, 0.1) is 10.5 Å². The lowest BCUT2D eigenvalue weighted by molar-refractivity contribution is -0.137. The molecule has 0 fully saturated rings. The van der Waals surface area contributed by atoms with Crippen LogP contribution in [0.4, 0.5) is 18.9 Å². The van der Waals surface area contributed by atoms with Gasteiger partial charge in [-0.15, -0.1) is 0 Å². The number of sulfonamides is 1. The first-order chi connectivity index (χ1) is 11.5. The van der Waals surface area contributed by atoms with E-state index >= 15 is 0 Å². The van der Waals surface area contributed by atoms with Crippen molar-refractivity contribution in [3.8, 4) is 0 Å². The predicted octanol–water partition coefficient (Wildman–Crippen LogP) is 3.17. The van der Waals surface area contributed by atoms with Gasteiger partial charge in [0.25, 0.3) is 5.91 Å². The van der Waals surface area contributed by atoms with E-state index < -0.39 is 27.7 Å². The molecule has 0 radical (unpaired) electrons. The van der Waals surface area contributed by atoms with E-state index in [0.29, 0.717) is 5.56 Å². The van der Waals surface area contributed by atoms with Gasteiger partial charge < -0.3 is 5.32 Å². The van der Waals surface area contributed by atoms with E-state index in [-0.39, 0.29) is 16.1 Å². The summed E-state index contributed by atoms with van der Waals surface area (Å²) in [6.45, 7) is 1.60. The second-order valence-corrected chi connectivity index (χ2v) is 7.07. The Morgan fingerprint density at radius 1 is 1.04 bits per heavy atom. The minimum Gasteiger partial charge on any atom is -0.322 e. The number of halogens is 3. The van der Waals surface area contributed by atoms with Gasteiger partial charge in [-0.1, -0.05) is 6.07 Å². The van der Waals surface area contributed by atoms with Crippen LogP contribution in [0, 0.1) is 6.92 Å². The number of alkyl halides is 3. The molecule has 0 saturated heterocycles.